The molecule has 0 aliphatic heterocycles. The molecule has 6 heteroatoms. The molecular weight excluding hydrogens is 282 g/mol. The molecule has 0 saturated carbocycles. The molecule has 6 nitrogen and oxygen atoms in total. The van der Waals surface area contributed by atoms with E-state index in [4.69, 9.17) is 5.11 Å². The fourth-order valence-corrected chi connectivity index (χ4v) is 2.47. The lowest BCUT2D eigenvalue weighted by Gasteiger charge is -2.14. The fourth-order valence-electron chi connectivity index (χ4n) is 2.47. The van der Waals surface area contributed by atoms with Gasteiger partial charge in [-0.15, -0.1) is 0 Å². The number of hydrogen-bond acceptors (Lipinski definition) is 3. The van der Waals surface area contributed by atoms with Gasteiger partial charge in [0.25, 0.3) is 5.91 Å². The van der Waals surface area contributed by atoms with Gasteiger partial charge < -0.3 is 10.4 Å². The van der Waals surface area contributed by atoms with Crippen molar-refractivity contribution in [3.63, 3.8) is 0 Å². The molecule has 1 aromatic heterocycles. The van der Waals surface area contributed by atoms with Crippen molar-refractivity contribution in [3.8, 4) is 0 Å². The molecule has 0 bridgehead atoms. The second-order valence-corrected chi connectivity index (χ2v) is 5.55. The Balaban J connectivity index is 2.43. The van der Waals surface area contributed by atoms with Crippen molar-refractivity contribution in [2.75, 3.05) is 6.54 Å². The second-order valence-electron chi connectivity index (χ2n) is 5.55. The van der Waals surface area contributed by atoms with Gasteiger partial charge in [-0.25, -0.2) is 0 Å². The summed E-state index contributed by atoms with van der Waals surface area (Å²) in [5.41, 5.74) is 1.45. The highest BCUT2D eigenvalue weighted by Gasteiger charge is 2.15. The Morgan fingerprint density at radius 3 is 2.55 bits per heavy atom. The summed E-state index contributed by atoms with van der Waals surface area (Å²) in [7, 11) is 0. The molecule has 1 heterocycles. The number of carbonyl (C=O) groups excluding carboxylic acids is 1. The zero-order valence-electron chi connectivity index (χ0n) is 13.8. The predicted molar refractivity (Wildman–Crippen MR) is 85.0 cm³/mol. The van der Waals surface area contributed by atoms with Crippen molar-refractivity contribution < 1.29 is 14.7 Å². The lowest BCUT2D eigenvalue weighted by molar-refractivity contribution is -0.137. The van der Waals surface area contributed by atoms with Crippen molar-refractivity contribution in [2.45, 2.75) is 65.3 Å². The number of aryl methyl sites for hydroxylation is 1. The first kappa shape index (κ1) is 18.2. The lowest BCUT2D eigenvalue weighted by Crippen LogP contribution is -2.25. The normalized spacial score (nSPS) is 10.9. The van der Waals surface area contributed by atoms with Crippen LogP contribution in [0, 0.1) is 6.92 Å². The van der Waals surface area contributed by atoms with Crippen LogP contribution >= 0.6 is 0 Å². The largest absolute Gasteiger partial charge is 0.481 e. The molecule has 0 unspecified atom stereocenters. The summed E-state index contributed by atoms with van der Waals surface area (Å²) in [6, 6.07) is 2.15. The van der Waals surface area contributed by atoms with Gasteiger partial charge in [0.05, 0.1) is 6.04 Å². The number of carbonyl (C=O) groups is 2. The molecule has 0 aliphatic carbocycles. The van der Waals surface area contributed by atoms with Gasteiger partial charge in [-0.3, -0.25) is 14.3 Å². The number of aromatic nitrogens is 2. The quantitative estimate of drug-likeness (QED) is 0.651. The molecule has 0 aliphatic rings. The van der Waals surface area contributed by atoms with Gasteiger partial charge in [0, 0.05) is 18.7 Å². The highest BCUT2D eigenvalue weighted by molar-refractivity contribution is 5.92. The Morgan fingerprint density at radius 1 is 1.27 bits per heavy atom. The summed E-state index contributed by atoms with van der Waals surface area (Å²) in [5, 5.41) is 15.8. The van der Waals surface area contributed by atoms with E-state index in [0.29, 0.717) is 24.7 Å². The fraction of sp³-hybridized carbons (Fsp3) is 0.688. The van der Waals surface area contributed by atoms with Crippen molar-refractivity contribution in [1.82, 2.24) is 15.1 Å². The summed E-state index contributed by atoms with van der Waals surface area (Å²) in [6.45, 7) is 6.75. The molecule has 124 valence electrons. The van der Waals surface area contributed by atoms with Gasteiger partial charge in [0.2, 0.25) is 0 Å². The van der Waals surface area contributed by atoms with Gasteiger partial charge in [0.15, 0.2) is 0 Å². The van der Waals surface area contributed by atoms with E-state index >= 15 is 0 Å². The van der Waals surface area contributed by atoms with E-state index in [0.717, 1.165) is 31.4 Å². The number of amides is 1. The van der Waals surface area contributed by atoms with Crippen molar-refractivity contribution in [3.05, 3.63) is 17.5 Å². The molecule has 0 spiro atoms. The second kappa shape index (κ2) is 9.23. The van der Waals surface area contributed by atoms with Crippen LogP contribution < -0.4 is 5.32 Å². The van der Waals surface area contributed by atoms with E-state index in [9.17, 15) is 9.59 Å². The number of aliphatic carboxylic acids is 1. The average molecular weight is 309 g/mol. The van der Waals surface area contributed by atoms with Crippen LogP contribution in [0.15, 0.2) is 6.07 Å². The number of nitrogens with one attached hydrogen (secondary N) is 1. The molecule has 2 N–H and O–H groups in total. The summed E-state index contributed by atoms with van der Waals surface area (Å²) in [5.74, 6) is -0.933. The SMILES string of the molecule is CCC(CC)n1nc(C(=O)NCCCCCC(=O)O)cc1C. The number of carboxylic acids is 1. The maximum Gasteiger partial charge on any atom is 0.303 e. The summed E-state index contributed by atoms with van der Waals surface area (Å²) in [4.78, 5) is 22.5. The number of nitrogens with zero attached hydrogens (tertiary/aromatic N) is 2. The molecule has 1 aromatic rings. The van der Waals surface area contributed by atoms with Crippen LogP contribution in [0.3, 0.4) is 0 Å². The smallest absolute Gasteiger partial charge is 0.303 e. The van der Waals surface area contributed by atoms with Crippen LogP contribution in [0.25, 0.3) is 0 Å². The van der Waals surface area contributed by atoms with Crippen LogP contribution in [0.4, 0.5) is 0 Å². The number of carboxylic acid groups (broad SMARTS) is 1. The predicted octanol–water partition coefficient (Wildman–Crippen LogP) is 2.93. The Morgan fingerprint density at radius 2 is 1.95 bits per heavy atom. The van der Waals surface area contributed by atoms with E-state index in [2.05, 4.69) is 24.3 Å². The van der Waals surface area contributed by atoms with Crippen molar-refractivity contribution in [1.29, 1.82) is 0 Å². The standard InChI is InChI=1S/C16H27N3O3/c1-4-13(5-2)19-12(3)11-14(18-19)16(22)17-10-8-6-7-9-15(20)21/h11,13H,4-10H2,1-3H3,(H,17,22)(H,20,21). The zero-order chi connectivity index (χ0) is 16.5. The minimum absolute atomic E-state index is 0.161. The maximum absolute atomic E-state index is 12.1. The van der Waals surface area contributed by atoms with Crippen molar-refractivity contribution >= 4 is 11.9 Å². The third-order valence-corrected chi connectivity index (χ3v) is 3.80. The first-order valence-corrected chi connectivity index (χ1v) is 8.05. The van der Waals surface area contributed by atoms with Crippen LogP contribution in [-0.2, 0) is 4.79 Å². The third-order valence-electron chi connectivity index (χ3n) is 3.80. The first-order valence-electron chi connectivity index (χ1n) is 8.05. The number of rotatable bonds is 10. The Bertz CT molecular complexity index is 493. The Hall–Kier alpha value is -1.85. The zero-order valence-corrected chi connectivity index (χ0v) is 13.8. The molecule has 0 fully saturated rings. The monoisotopic (exact) mass is 309 g/mol. The van der Waals surface area contributed by atoms with Gasteiger partial charge in [-0.05, 0) is 38.7 Å². The average Bonchev–Trinajstić information content (AvgIpc) is 2.86. The van der Waals surface area contributed by atoms with E-state index in [1.807, 2.05) is 17.7 Å². The highest BCUT2D eigenvalue weighted by atomic mass is 16.4. The molecule has 1 rings (SSSR count). The summed E-state index contributed by atoms with van der Waals surface area (Å²) in [6.07, 6.45) is 4.40. The topological polar surface area (TPSA) is 84.2 Å². The van der Waals surface area contributed by atoms with Crippen LogP contribution in [0.5, 0.6) is 0 Å². The summed E-state index contributed by atoms with van der Waals surface area (Å²) >= 11 is 0. The minimum atomic E-state index is -0.772. The molecular formula is C16H27N3O3. The third kappa shape index (κ3) is 5.50. The molecule has 22 heavy (non-hydrogen) atoms. The molecule has 0 atom stereocenters. The van der Waals surface area contributed by atoms with E-state index in [1.54, 1.807) is 0 Å². The lowest BCUT2D eigenvalue weighted by atomic mass is 10.2. The van der Waals surface area contributed by atoms with Crippen molar-refractivity contribution in [2.24, 2.45) is 0 Å². The molecule has 1 amide bonds. The van der Waals surface area contributed by atoms with Gasteiger partial charge in [0.1, 0.15) is 5.69 Å². The highest BCUT2D eigenvalue weighted by Crippen LogP contribution is 2.17. The number of unbranched alkanes of at least 4 members (excludes halogenated alkanes) is 2. The Kier molecular flexibility index (Phi) is 7.63. The molecule has 0 radical (unpaired) electrons. The van der Waals surface area contributed by atoms with E-state index in [-0.39, 0.29) is 12.3 Å². The summed E-state index contributed by atoms with van der Waals surface area (Å²) < 4.78 is 1.93. The van der Waals surface area contributed by atoms with E-state index in [1.165, 1.54) is 0 Å². The number of hydrogen-bond donors (Lipinski definition) is 2. The van der Waals surface area contributed by atoms with Gasteiger partial charge in [-0.2, -0.15) is 5.10 Å². The first-order chi connectivity index (χ1) is 10.5. The molecule has 0 aromatic carbocycles. The van der Waals surface area contributed by atoms with Gasteiger partial charge in [-0.1, -0.05) is 20.3 Å². The van der Waals surface area contributed by atoms with Crippen LogP contribution in [-0.4, -0.2) is 33.3 Å². The van der Waals surface area contributed by atoms with Gasteiger partial charge >= 0.3 is 5.97 Å². The molecule has 0 saturated heterocycles. The van der Waals surface area contributed by atoms with E-state index < -0.39 is 5.97 Å². The van der Waals surface area contributed by atoms with Crippen LogP contribution in [0.2, 0.25) is 0 Å². The minimum Gasteiger partial charge on any atom is -0.481 e. The van der Waals surface area contributed by atoms with Crippen LogP contribution in [0.1, 0.15) is 74.6 Å². The Labute approximate surface area is 131 Å². The maximum atomic E-state index is 12.1.